The largest absolute Gasteiger partial charge is 0.308 e. The average Bonchev–Trinajstić information content (AvgIpc) is 3.02. The van der Waals surface area contributed by atoms with Crippen LogP contribution >= 0.6 is 0 Å². The van der Waals surface area contributed by atoms with Crippen LogP contribution in [0.25, 0.3) is 22.3 Å². The van der Waals surface area contributed by atoms with E-state index in [2.05, 4.69) is 21.5 Å². The van der Waals surface area contributed by atoms with Crippen LogP contribution in [-0.2, 0) is 12.8 Å². The number of hydrogen-bond acceptors (Lipinski definition) is 5. The third-order valence-electron chi connectivity index (χ3n) is 3.93. The predicted molar refractivity (Wildman–Crippen MR) is 82.6 cm³/mol. The Morgan fingerprint density at radius 1 is 1.10 bits per heavy atom. The predicted octanol–water partition coefficient (Wildman–Crippen LogP) is 2.47. The number of fused-ring (bicyclic) bond motifs is 2. The molecule has 1 aliphatic rings. The van der Waals surface area contributed by atoms with E-state index < -0.39 is 0 Å². The fraction of sp³-hybridized carbons (Fsp3) is 0.188. The van der Waals surface area contributed by atoms with Crippen molar-refractivity contribution < 1.29 is 0 Å². The highest BCUT2D eigenvalue weighted by Gasteiger charge is 2.19. The molecule has 1 aliphatic carbocycles. The van der Waals surface area contributed by atoms with E-state index in [-0.39, 0.29) is 0 Å². The highest BCUT2D eigenvalue weighted by molar-refractivity contribution is 5.83. The molecule has 0 atom stereocenters. The van der Waals surface area contributed by atoms with Crippen LogP contribution in [0.4, 0.5) is 5.82 Å². The summed E-state index contributed by atoms with van der Waals surface area (Å²) in [6, 6.07) is 10.0. The van der Waals surface area contributed by atoms with E-state index in [0.29, 0.717) is 5.82 Å². The first-order valence-electron chi connectivity index (χ1n) is 7.07. The number of nitrogens with one attached hydrogen (secondary N) is 1. The highest BCUT2D eigenvalue weighted by atomic mass is 15.3. The van der Waals surface area contributed by atoms with Gasteiger partial charge in [0.15, 0.2) is 5.82 Å². The van der Waals surface area contributed by atoms with Crippen molar-refractivity contribution in [3.63, 3.8) is 0 Å². The molecule has 5 nitrogen and oxygen atoms in total. The van der Waals surface area contributed by atoms with Gasteiger partial charge in [-0.2, -0.15) is 0 Å². The van der Waals surface area contributed by atoms with Gasteiger partial charge >= 0.3 is 0 Å². The van der Waals surface area contributed by atoms with Gasteiger partial charge in [-0.3, -0.25) is 4.98 Å². The lowest BCUT2D eigenvalue weighted by Crippen LogP contribution is -2.12. The molecule has 5 heteroatoms. The first-order chi connectivity index (χ1) is 10.3. The number of benzene rings is 1. The van der Waals surface area contributed by atoms with Gasteiger partial charge in [0.05, 0.1) is 5.52 Å². The first-order valence-corrected chi connectivity index (χ1v) is 7.07. The standard InChI is InChI=1S/C16H15N5/c17-21-16-12-4-1-5-14(12)19-15(20-16)11-6-7-13-10(9-11)3-2-8-18-13/h2-3,6-9H,1,4-5,17H2,(H,19,20,21). The molecule has 0 bridgehead atoms. The maximum atomic E-state index is 5.61. The smallest absolute Gasteiger partial charge is 0.161 e. The third kappa shape index (κ3) is 2.02. The summed E-state index contributed by atoms with van der Waals surface area (Å²) >= 11 is 0. The summed E-state index contributed by atoms with van der Waals surface area (Å²) in [6.07, 6.45) is 4.90. The Bertz CT molecular complexity index is 828. The molecule has 0 radical (unpaired) electrons. The molecule has 21 heavy (non-hydrogen) atoms. The van der Waals surface area contributed by atoms with Gasteiger partial charge in [0, 0.05) is 28.4 Å². The van der Waals surface area contributed by atoms with Crippen LogP contribution in [0.3, 0.4) is 0 Å². The molecular weight excluding hydrogens is 262 g/mol. The summed E-state index contributed by atoms with van der Waals surface area (Å²) in [7, 11) is 0. The minimum atomic E-state index is 0.717. The van der Waals surface area contributed by atoms with Crippen molar-refractivity contribution in [1.82, 2.24) is 15.0 Å². The van der Waals surface area contributed by atoms with E-state index >= 15 is 0 Å². The van der Waals surface area contributed by atoms with Gasteiger partial charge < -0.3 is 5.43 Å². The van der Waals surface area contributed by atoms with Gasteiger partial charge in [0.2, 0.25) is 0 Å². The second-order valence-electron chi connectivity index (χ2n) is 5.23. The summed E-state index contributed by atoms with van der Waals surface area (Å²) in [5, 5.41) is 1.08. The maximum Gasteiger partial charge on any atom is 0.161 e. The third-order valence-corrected chi connectivity index (χ3v) is 3.93. The molecule has 2 heterocycles. The van der Waals surface area contributed by atoms with Crippen molar-refractivity contribution in [3.05, 3.63) is 47.8 Å². The zero-order chi connectivity index (χ0) is 14.2. The van der Waals surface area contributed by atoms with Gasteiger partial charge in [-0.15, -0.1) is 0 Å². The average molecular weight is 277 g/mol. The van der Waals surface area contributed by atoms with Gasteiger partial charge in [-0.05, 0) is 43.5 Å². The lowest BCUT2D eigenvalue weighted by Gasteiger charge is -2.09. The van der Waals surface area contributed by atoms with Gasteiger partial charge in [-0.1, -0.05) is 6.07 Å². The molecule has 0 aliphatic heterocycles. The lowest BCUT2D eigenvalue weighted by atomic mass is 10.1. The number of hydrogen-bond donors (Lipinski definition) is 2. The number of nitrogens with zero attached hydrogens (tertiary/aromatic N) is 3. The Balaban J connectivity index is 1.88. The topological polar surface area (TPSA) is 76.7 Å². The molecule has 0 saturated heterocycles. The Morgan fingerprint density at radius 3 is 2.95 bits per heavy atom. The second kappa shape index (κ2) is 4.79. The van der Waals surface area contributed by atoms with E-state index in [0.717, 1.165) is 52.8 Å². The Morgan fingerprint density at radius 2 is 2.05 bits per heavy atom. The molecule has 0 fully saturated rings. The van der Waals surface area contributed by atoms with Crippen LogP contribution in [0.2, 0.25) is 0 Å². The second-order valence-corrected chi connectivity index (χ2v) is 5.23. The van der Waals surface area contributed by atoms with Crippen LogP contribution in [0.15, 0.2) is 36.5 Å². The monoisotopic (exact) mass is 277 g/mol. The van der Waals surface area contributed by atoms with E-state index in [4.69, 9.17) is 10.8 Å². The normalized spacial score (nSPS) is 13.4. The Hall–Kier alpha value is -2.53. The molecule has 0 amide bonds. The first kappa shape index (κ1) is 12.2. The SMILES string of the molecule is NNc1nc(-c2ccc3ncccc3c2)nc2c1CCC2. The van der Waals surface area contributed by atoms with Crippen LogP contribution in [0.1, 0.15) is 17.7 Å². The number of hydrazine groups is 1. The molecule has 3 aromatic rings. The van der Waals surface area contributed by atoms with Crippen LogP contribution in [-0.4, -0.2) is 15.0 Å². The van der Waals surface area contributed by atoms with E-state index in [9.17, 15) is 0 Å². The van der Waals surface area contributed by atoms with Crippen LogP contribution in [0.5, 0.6) is 0 Å². The summed E-state index contributed by atoms with van der Waals surface area (Å²) in [6.45, 7) is 0. The Labute approximate surface area is 122 Å². The fourth-order valence-electron chi connectivity index (χ4n) is 2.90. The van der Waals surface area contributed by atoms with E-state index in [1.807, 2.05) is 24.3 Å². The zero-order valence-electron chi connectivity index (χ0n) is 11.5. The summed E-state index contributed by atoms with van der Waals surface area (Å²) in [5.41, 5.74) is 6.94. The number of aryl methyl sites for hydroxylation is 1. The van der Waals surface area contributed by atoms with E-state index in [1.54, 1.807) is 6.20 Å². The highest BCUT2D eigenvalue weighted by Crippen LogP contribution is 2.29. The molecule has 3 N–H and O–H groups in total. The molecule has 4 rings (SSSR count). The zero-order valence-corrected chi connectivity index (χ0v) is 11.5. The molecule has 2 aromatic heterocycles. The molecule has 1 aromatic carbocycles. The number of nitrogen functional groups attached to an aromatic ring is 1. The molecule has 0 spiro atoms. The molecule has 104 valence electrons. The van der Waals surface area contributed by atoms with E-state index in [1.165, 1.54) is 0 Å². The maximum absolute atomic E-state index is 5.61. The number of anilines is 1. The number of rotatable bonds is 2. The van der Waals surface area contributed by atoms with Crippen LogP contribution < -0.4 is 11.3 Å². The number of pyridine rings is 1. The fourth-order valence-corrected chi connectivity index (χ4v) is 2.90. The summed E-state index contributed by atoms with van der Waals surface area (Å²) < 4.78 is 0. The minimum Gasteiger partial charge on any atom is -0.308 e. The summed E-state index contributed by atoms with van der Waals surface area (Å²) in [5.74, 6) is 7.08. The number of nitrogens with two attached hydrogens (primary N) is 1. The molecular formula is C16H15N5. The minimum absolute atomic E-state index is 0.717. The Kier molecular flexibility index (Phi) is 2.79. The van der Waals surface area contributed by atoms with Crippen molar-refractivity contribution in [2.24, 2.45) is 5.84 Å². The number of aromatic nitrogens is 3. The van der Waals surface area contributed by atoms with Gasteiger partial charge in [0.1, 0.15) is 5.82 Å². The van der Waals surface area contributed by atoms with Crippen molar-refractivity contribution in [2.75, 3.05) is 5.43 Å². The van der Waals surface area contributed by atoms with Crippen molar-refractivity contribution in [2.45, 2.75) is 19.3 Å². The van der Waals surface area contributed by atoms with Crippen molar-refractivity contribution in [1.29, 1.82) is 0 Å². The van der Waals surface area contributed by atoms with Crippen molar-refractivity contribution in [3.8, 4) is 11.4 Å². The van der Waals surface area contributed by atoms with Gasteiger partial charge in [-0.25, -0.2) is 15.8 Å². The summed E-state index contributed by atoms with van der Waals surface area (Å²) in [4.78, 5) is 13.6. The lowest BCUT2D eigenvalue weighted by molar-refractivity contribution is 0.900. The molecule has 0 unspecified atom stereocenters. The van der Waals surface area contributed by atoms with Crippen LogP contribution in [0, 0.1) is 0 Å². The quantitative estimate of drug-likeness (QED) is 0.556. The molecule has 0 saturated carbocycles. The van der Waals surface area contributed by atoms with Crippen molar-refractivity contribution >= 4 is 16.7 Å². The van der Waals surface area contributed by atoms with Gasteiger partial charge in [0.25, 0.3) is 0 Å².